The molecule has 34 heavy (non-hydrogen) atoms. The summed E-state index contributed by atoms with van der Waals surface area (Å²) < 4.78 is 1.18. The fraction of sp³-hybridized carbons (Fsp3) is 0.0357. The van der Waals surface area contributed by atoms with Crippen LogP contribution in [0.15, 0.2) is 91.0 Å². The largest absolute Gasteiger partial charge is 0.332 e. The molecule has 5 rings (SSSR count). The van der Waals surface area contributed by atoms with Crippen molar-refractivity contribution >= 4 is 67.3 Å². The van der Waals surface area contributed by atoms with Gasteiger partial charge in [-0.1, -0.05) is 48.5 Å². The number of carbonyl (C=O) groups excluding carboxylic acids is 1. The van der Waals surface area contributed by atoms with Gasteiger partial charge in [-0.15, -0.1) is 11.3 Å². The lowest BCUT2D eigenvalue weighted by molar-refractivity contribution is -0.115. The van der Waals surface area contributed by atoms with E-state index in [1.54, 1.807) is 17.4 Å². The van der Waals surface area contributed by atoms with E-state index in [0.717, 1.165) is 38.1 Å². The van der Waals surface area contributed by atoms with Crippen molar-refractivity contribution in [2.75, 3.05) is 5.32 Å². The van der Waals surface area contributed by atoms with Crippen LogP contribution in [0.4, 0.5) is 5.69 Å². The molecule has 0 atom stereocenters. The second-order valence-corrected chi connectivity index (χ2v) is 9.35. The molecule has 2 N–H and O–H groups in total. The van der Waals surface area contributed by atoms with Crippen molar-refractivity contribution in [3.05, 3.63) is 102 Å². The van der Waals surface area contributed by atoms with Gasteiger partial charge in [0.25, 0.3) is 0 Å². The van der Waals surface area contributed by atoms with E-state index in [9.17, 15) is 4.79 Å². The van der Waals surface area contributed by atoms with E-state index >= 15 is 0 Å². The molecule has 166 valence electrons. The molecular formula is C28H21N3OS2. The van der Waals surface area contributed by atoms with Crippen LogP contribution in [0, 0.1) is 6.92 Å². The van der Waals surface area contributed by atoms with Crippen LogP contribution in [0.2, 0.25) is 0 Å². The highest BCUT2D eigenvalue weighted by molar-refractivity contribution is 7.80. The van der Waals surface area contributed by atoms with Crippen molar-refractivity contribution in [1.29, 1.82) is 0 Å². The highest BCUT2D eigenvalue weighted by Crippen LogP contribution is 2.31. The van der Waals surface area contributed by atoms with E-state index in [4.69, 9.17) is 17.2 Å². The highest BCUT2D eigenvalue weighted by atomic mass is 32.1. The number of anilines is 1. The maximum atomic E-state index is 12.4. The van der Waals surface area contributed by atoms with Gasteiger partial charge < -0.3 is 5.32 Å². The predicted molar refractivity (Wildman–Crippen MR) is 147 cm³/mol. The van der Waals surface area contributed by atoms with Crippen LogP contribution >= 0.6 is 23.6 Å². The summed E-state index contributed by atoms with van der Waals surface area (Å²) in [6, 6.07) is 28.2. The van der Waals surface area contributed by atoms with Crippen molar-refractivity contribution < 1.29 is 4.79 Å². The molecule has 0 aliphatic rings. The average Bonchev–Trinajstić information content (AvgIpc) is 3.26. The van der Waals surface area contributed by atoms with Gasteiger partial charge in [0.15, 0.2) is 5.11 Å². The molecule has 4 nitrogen and oxygen atoms in total. The molecule has 0 radical (unpaired) electrons. The SMILES string of the molecule is Cc1ccc2nc(-c3ccc(NC(=S)NC(=O)C=Cc4cccc5ccccc45)cc3)sc2c1. The number of fused-ring (bicyclic) bond motifs is 2. The Labute approximate surface area is 207 Å². The molecule has 6 heteroatoms. The molecule has 5 aromatic rings. The van der Waals surface area contributed by atoms with E-state index in [1.165, 1.54) is 16.3 Å². The van der Waals surface area contributed by atoms with Gasteiger partial charge in [-0.25, -0.2) is 4.98 Å². The van der Waals surface area contributed by atoms with Gasteiger partial charge in [-0.2, -0.15) is 0 Å². The van der Waals surface area contributed by atoms with Crippen molar-refractivity contribution in [1.82, 2.24) is 10.3 Å². The van der Waals surface area contributed by atoms with Gasteiger partial charge in [0.05, 0.1) is 10.2 Å². The third-order valence-electron chi connectivity index (χ3n) is 5.41. The van der Waals surface area contributed by atoms with Gasteiger partial charge in [0.2, 0.25) is 5.91 Å². The van der Waals surface area contributed by atoms with E-state index in [1.807, 2.05) is 54.6 Å². The summed E-state index contributed by atoms with van der Waals surface area (Å²) in [5, 5.41) is 9.21. The van der Waals surface area contributed by atoms with Crippen LogP contribution in [0.1, 0.15) is 11.1 Å². The van der Waals surface area contributed by atoms with E-state index in [-0.39, 0.29) is 11.0 Å². The Morgan fingerprint density at radius 1 is 0.971 bits per heavy atom. The van der Waals surface area contributed by atoms with Gasteiger partial charge >= 0.3 is 0 Å². The van der Waals surface area contributed by atoms with Crippen LogP contribution in [0.3, 0.4) is 0 Å². The Hall–Kier alpha value is -3.87. The number of amides is 1. The molecule has 4 aromatic carbocycles. The molecule has 1 heterocycles. The molecule has 0 unspecified atom stereocenters. The Morgan fingerprint density at radius 3 is 2.62 bits per heavy atom. The third kappa shape index (κ3) is 4.88. The quantitative estimate of drug-likeness (QED) is 0.216. The lowest BCUT2D eigenvalue weighted by Gasteiger charge is -2.08. The Balaban J connectivity index is 1.22. The van der Waals surface area contributed by atoms with Crippen LogP contribution in [0.25, 0.3) is 37.6 Å². The molecule has 0 spiro atoms. The molecule has 0 aliphatic heterocycles. The molecular weight excluding hydrogens is 458 g/mol. The first-order valence-electron chi connectivity index (χ1n) is 10.8. The summed E-state index contributed by atoms with van der Waals surface area (Å²) >= 11 is 6.99. The number of hydrogen-bond donors (Lipinski definition) is 2. The minimum absolute atomic E-state index is 0.246. The molecule has 0 bridgehead atoms. The maximum Gasteiger partial charge on any atom is 0.250 e. The normalized spacial score (nSPS) is 11.2. The number of thiazole rings is 1. The summed E-state index contributed by atoms with van der Waals surface area (Å²) in [7, 11) is 0. The first kappa shape index (κ1) is 21.9. The van der Waals surface area contributed by atoms with Crippen molar-refractivity contribution in [3.63, 3.8) is 0 Å². The minimum atomic E-state index is -0.285. The fourth-order valence-electron chi connectivity index (χ4n) is 3.73. The Bertz CT molecular complexity index is 1550. The number of nitrogens with one attached hydrogen (secondary N) is 2. The van der Waals surface area contributed by atoms with Gasteiger partial charge in [-0.05, 0) is 83.5 Å². The minimum Gasteiger partial charge on any atom is -0.332 e. The van der Waals surface area contributed by atoms with Crippen LogP contribution in [-0.4, -0.2) is 16.0 Å². The zero-order valence-corrected chi connectivity index (χ0v) is 20.0. The summed E-state index contributed by atoms with van der Waals surface area (Å²) in [4.78, 5) is 17.1. The van der Waals surface area contributed by atoms with Crippen molar-refractivity contribution in [2.24, 2.45) is 0 Å². The summed E-state index contributed by atoms with van der Waals surface area (Å²) in [5.74, 6) is -0.285. The van der Waals surface area contributed by atoms with Crippen molar-refractivity contribution in [3.8, 4) is 10.6 Å². The lowest BCUT2D eigenvalue weighted by Crippen LogP contribution is -2.32. The second kappa shape index (κ2) is 9.55. The van der Waals surface area contributed by atoms with Gasteiger partial charge in [0.1, 0.15) is 5.01 Å². The average molecular weight is 480 g/mol. The highest BCUT2D eigenvalue weighted by Gasteiger charge is 2.08. The molecule has 0 fully saturated rings. The molecule has 0 saturated heterocycles. The fourth-order valence-corrected chi connectivity index (χ4v) is 5.02. The number of aromatic nitrogens is 1. The summed E-state index contributed by atoms with van der Waals surface area (Å²) in [6.45, 7) is 2.08. The van der Waals surface area contributed by atoms with Crippen LogP contribution in [0.5, 0.6) is 0 Å². The Morgan fingerprint density at radius 2 is 1.76 bits per heavy atom. The topological polar surface area (TPSA) is 54.0 Å². The Kier molecular flexibility index (Phi) is 6.16. The van der Waals surface area contributed by atoms with Crippen LogP contribution in [-0.2, 0) is 4.79 Å². The van der Waals surface area contributed by atoms with E-state index < -0.39 is 0 Å². The monoisotopic (exact) mass is 479 g/mol. The van der Waals surface area contributed by atoms with Crippen LogP contribution < -0.4 is 10.6 Å². The number of nitrogens with zero attached hydrogens (tertiary/aromatic N) is 1. The molecule has 1 amide bonds. The molecule has 0 aliphatic carbocycles. The van der Waals surface area contributed by atoms with E-state index in [0.29, 0.717) is 0 Å². The summed E-state index contributed by atoms with van der Waals surface area (Å²) in [5.41, 5.74) is 5.05. The number of aryl methyl sites for hydroxylation is 1. The van der Waals surface area contributed by atoms with Crippen molar-refractivity contribution in [2.45, 2.75) is 6.92 Å². The number of rotatable bonds is 4. The second-order valence-electron chi connectivity index (χ2n) is 7.91. The van der Waals surface area contributed by atoms with Gasteiger partial charge in [-0.3, -0.25) is 10.1 Å². The number of benzene rings is 4. The zero-order valence-electron chi connectivity index (χ0n) is 18.4. The van der Waals surface area contributed by atoms with Gasteiger partial charge in [0, 0.05) is 17.3 Å². The summed E-state index contributed by atoms with van der Waals surface area (Å²) in [6.07, 6.45) is 3.29. The third-order valence-corrected chi connectivity index (χ3v) is 6.68. The standard InChI is InChI=1S/C28H21N3OS2/c1-18-9-15-24-25(17-18)34-27(30-24)21-10-13-22(14-11-21)29-28(33)31-26(32)16-12-20-7-4-6-19-5-2-3-8-23(19)20/h2-17H,1H3,(H2,29,31,32,33). The number of hydrogen-bond acceptors (Lipinski definition) is 4. The predicted octanol–water partition coefficient (Wildman–Crippen LogP) is 6.95. The molecule has 1 aromatic heterocycles. The zero-order chi connectivity index (χ0) is 23.5. The maximum absolute atomic E-state index is 12.4. The first-order chi connectivity index (χ1) is 16.5. The molecule has 0 saturated carbocycles. The first-order valence-corrected chi connectivity index (χ1v) is 12.0. The van der Waals surface area contributed by atoms with E-state index in [2.05, 4.69) is 47.9 Å². The smallest absolute Gasteiger partial charge is 0.250 e. The number of carbonyl (C=O) groups is 1. The number of thiocarbonyl (C=S) groups is 1. The lowest BCUT2D eigenvalue weighted by atomic mass is 10.0.